The number of allylic oxidation sites excluding steroid dienone is 2. The van der Waals surface area contributed by atoms with E-state index >= 15 is 0 Å². The third kappa shape index (κ3) is 52.2. The molecule has 0 amide bonds. The van der Waals surface area contributed by atoms with E-state index in [-0.39, 0.29) is 0 Å². The van der Waals surface area contributed by atoms with Crippen LogP contribution in [0.1, 0.15) is 563 Å². The van der Waals surface area contributed by atoms with Crippen LogP contribution in [0.5, 0.6) is 0 Å². The first-order chi connectivity index (χ1) is 52.8. The van der Waals surface area contributed by atoms with Gasteiger partial charge in [-0.2, -0.15) is 0 Å². The molecule has 0 unspecified atom stereocenters. The molecule has 107 heavy (non-hydrogen) atoms. The number of hydrogen-bond acceptors (Lipinski definition) is 0. The molecule has 2 nitrogen and oxygen atoms in total. The number of unbranched alkanes of at least 4 members (excludes halogenated alkanes) is 58. The van der Waals surface area contributed by atoms with Gasteiger partial charge in [0.2, 0.25) is 11.4 Å². The van der Waals surface area contributed by atoms with Crippen molar-refractivity contribution in [3.05, 3.63) is 85.5 Å². The van der Waals surface area contributed by atoms with Crippen molar-refractivity contribution >= 4 is 11.4 Å². The first-order valence-electron chi connectivity index (χ1n) is 49.6. The van der Waals surface area contributed by atoms with Crippen LogP contribution in [-0.4, -0.2) is 4.70 Å². The van der Waals surface area contributed by atoms with E-state index in [1.54, 1.807) is 38.1 Å². The van der Waals surface area contributed by atoms with E-state index in [1.807, 2.05) is 14.4 Å². The van der Waals surface area contributed by atoms with Gasteiger partial charge in [0.15, 0.2) is 0 Å². The Morgan fingerprint density at radius 2 is 0.364 bits per heavy atom. The minimum absolute atomic E-state index is 1.04. The van der Waals surface area contributed by atoms with Crippen molar-refractivity contribution in [1.82, 2.24) is 0 Å². The molecule has 0 atom stereocenters. The minimum atomic E-state index is 1.04. The van der Waals surface area contributed by atoms with Crippen LogP contribution < -0.4 is 0 Å². The second-order valence-corrected chi connectivity index (χ2v) is 36.0. The third-order valence-corrected chi connectivity index (χ3v) is 25.6. The van der Waals surface area contributed by atoms with Crippen LogP contribution in [0, 0.1) is 0 Å². The van der Waals surface area contributed by atoms with Gasteiger partial charge in [-0.15, -0.1) is 0 Å². The maximum atomic E-state index is 13.2. The first kappa shape index (κ1) is 101. The van der Waals surface area contributed by atoms with Crippen molar-refractivity contribution in [1.29, 1.82) is 0 Å². The maximum absolute atomic E-state index is 13.2. The van der Waals surface area contributed by atoms with E-state index in [0.717, 1.165) is 56.3 Å². The first-order valence-corrected chi connectivity index (χ1v) is 51.0. The molecule has 1 heterocycles. The Kier molecular flexibility index (Phi) is 72.4. The number of rotatable bonds is 80. The minimum Gasteiger partial charge on any atom is -0.0654 e. The molecule has 0 radical (unpaired) electrons. The summed E-state index contributed by atoms with van der Waals surface area (Å²) >= 11 is 2.05. The van der Waals surface area contributed by atoms with Gasteiger partial charge in [0.25, 0.3) is 0 Å². The topological polar surface area (TPSA) is 25.3 Å². The molecule has 3 rings (SSSR count). The monoisotopic (exact) mass is 1530 g/mol. The van der Waals surface area contributed by atoms with E-state index in [9.17, 15) is 5.53 Å². The van der Waals surface area contributed by atoms with E-state index < -0.39 is 0 Å². The van der Waals surface area contributed by atoms with E-state index in [4.69, 9.17) is 0 Å². The molecule has 2 aromatic carbocycles. The average Bonchev–Trinajstić information content (AvgIpc) is 1.59. The van der Waals surface area contributed by atoms with Gasteiger partial charge < -0.3 is 5.53 Å². The molecular formula is C104H190N2Ni. The Bertz CT molecular complexity index is 2240. The van der Waals surface area contributed by atoms with Gasteiger partial charge in [0.1, 0.15) is 0 Å². The zero-order chi connectivity index (χ0) is 77.2. The van der Waals surface area contributed by atoms with Crippen molar-refractivity contribution in [3.8, 4) is 0 Å². The fraction of sp³-hybridized carbons (Fsp3) is 0.846. The van der Waals surface area contributed by atoms with Crippen LogP contribution in [0.4, 0.5) is 0 Å². The predicted molar refractivity (Wildman–Crippen MR) is 482 cm³/mol. The molecule has 0 N–H and O–H groups in total. The fourth-order valence-electron chi connectivity index (χ4n) is 17.2. The van der Waals surface area contributed by atoms with Gasteiger partial charge in [-0.1, -0.05) is 313 Å². The molecule has 0 spiro atoms. The number of benzene rings is 2. The molecular weight excluding hydrogens is 1340 g/mol. The molecule has 3 heteroatoms. The van der Waals surface area contributed by atoms with Crippen LogP contribution in [0.2, 0.25) is 10.8 Å². The molecule has 626 valence electrons. The normalized spacial score (nSPS) is 12.5. The molecule has 1 aliphatic heterocycles. The van der Waals surface area contributed by atoms with Gasteiger partial charge >= 0.3 is 166 Å². The van der Waals surface area contributed by atoms with Gasteiger partial charge in [0, 0.05) is 22.3 Å². The third-order valence-electron chi connectivity index (χ3n) is 24.3. The predicted octanol–water partition coefficient (Wildman–Crippen LogP) is 37.5. The summed E-state index contributed by atoms with van der Waals surface area (Å²) in [6, 6.07) is 10.4. The van der Waals surface area contributed by atoms with Gasteiger partial charge in [-0.3, -0.25) is 0 Å². The number of hydrogen-bond donors (Lipinski definition) is 0. The van der Waals surface area contributed by atoms with Crippen LogP contribution in [0.25, 0.3) is 16.9 Å². The molecule has 0 saturated carbocycles. The molecule has 0 bridgehead atoms. The zero-order valence-electron chi connectivity index (χ0n) is 74.7. The fourth-order valence-corrected chi connectivity index (χ4v) is 18.5. The summed E-state index contributed by atoms with van der Waals surface area (Å²) in [7, 11) is 0. The molecule has 1 aliphatic rings. The number of aryl methyl sites for hydroxylation is 4. The molecule has 0 fully saturated rings. The van der Waals surface area contributed by atoms with E-state index in [1.165, 1.54) is 476 Å². The summed E-state index contributed by atoms with van der Waals surface area (Å²) in [5, 5.41) is 2.87. The van der Waals surface area contributed by atoms with Crippen LogP contribution >= 0.6 is 0 Å². The Labute approximate surface area is 679 Å². The summed E-state index contributed by atoms with van der Waals surface area (Å²) < 4.78 is 1.77. The summed E-state index contributed by atoms with van der Waals surface area (Å²) in [6.07, 6.45) is 104. The van der Waals surface area contributed by atoms with Crippen LogP contribution in [0.3, 0.4) is 0 Å². The zero-order valence-corrected chi connectivity index (χ0v) is 75.7. The number of nitrogens with zero attached hydrogens (tertiary/aromatic N) is 2. The standard InChI is InChI=1S/C62H104N2.2C21H43.Ni/c1-9-17-25-32-39-51-47-55(48-52(40-33-26-18-10-2)57(51)44-36-29-21-13-5)61-59(43-24-16-8)60(46-38-31-23-15-7)62(64(61)63)56-49-53(41-34-27-19-11-3)58(45-37-30-22-14-6)54(50-56)42-35-28-20-12-4;2*1-3-5-7-9-11-13-15-17-19-21-20-18-16-14-12-10-8-6-4-2;/h47-50H,9-46H2,1-8H3;2*1,3-21H2,2H3;. The Morgan fingerprint density at radius 1 is 0.196 bits per heavy atom. The van der Waals surface area contributed by atoms with Crippen molar-refractivity contribution in [2.45, 2.75) is 568 Å². The Balaban J connectivity index is 0.000000789. The second kappa shape index (κ2) is 76.6. The summed E-state index contributed by atoms with van der Waals surface area (Å²) in [5.74, 6) is 0. The molecule has 0 aromatic heterocycles. The van der Waals surface area contributed by atoms with Crippen molar-refractivity contribution in [2.24, 2.45) is 0 Å². The van der Waals surface area contributed by atoms with Gasteiger partial charge in [-0.25, -0.2) is 4.70 Å². The summed E-state index contributed by atoms with van der Waals surface area (Å²) in [4.78, 5) is 0. The molecule has 0 saturated heterocycles. The molecule has 2 aromatic rings. The second-order valence-electron chi connectivity index (χ2n) is 34.5. The Morgan fingerprint density at radius 3 is 0.579 bits per heavy atom. The molecule has 0 aliphatic carbocycles. The summed E-state index contributed by atoms with van der Waals surface area (Å²) in [5.41, 5.74) is 30.6. The van der Waals surface area contributed by atoms with Crippen molar-refractivity contribution in [3.63, 3.8) is 0 Å². The van der Waals surface area contributed by atoms with E-state index in [2.05, 4.69) is 93.5 Å². The SMILES string of the molecule is CCCCCCC1=C(c2cc(CCCCCC)c(CCCCCC)c(CCCCCC)c2)[N+](=[N-])C(c2cc(CCCCCC)c(CCCCCC)c(CCCCCC)c2)=C1CCCC.CCCCCCCCCCCCCCCCCCCC[CH2][Ni][CH2]CCCCCCCCCCCCCCCCCCCC. The van der Waals surface area contributed by atoms with Gasteiger partial charge in [0.05, 0.1) is 0 Å². The van der Waals surface area contributed by atoms with Crippen LogP contribution in [-0.2, 0) is 53.0 Å². The average molecular weight is 1530 g/mol. The van der Waals surface area contributed by atoms with Crippen molar-refractivity contribution in [2.75, 3.05) is 0 Å². The van der Waals surface area contributed by atoms with Gasteiger partial charge in [-0.05, 0) is 160 Å². The van der Waals surface area contributed by atoms with E-state index in [0.29, 0.717) is 0 Å². The quantitative estimate of drug-likeness (QED) is 0.0358. The van der Waals surface area contributed by atoms with Crippen LogP contribution in [0.15, 0.2) is 35.4 Å². The summed E-state index contributed by atoms with van der Waals surface area (Å²) in [6.45, 7) is 23.3. The smallest absolute Gasteiger partial charge is 0.0654 e. The van der Waals surface area contributed by atoms with Crippen molar-refractivity contribution < 1.29 is 19.1 Å². The Hall–Kier alpha value is -1.99.